The fourth-order valence-corrected chi connectivity index (χ4v) is 2.45. The second kappa shape index (κ2) is 5.14. The highest BCUT2D eigenvalue weighted by atomic mass is 35.5. The topological polar surface area (TPSA) is 74.4 Å². The Kier molecular flexibility index (Phi) is 3.31. The number of benzene rings is 2. The molecule has 0 spiro atoms. The molecular formula is C16H14ClN3O. The molecule has 0 aliphatic heterocycles. The van der Waals surface area contributed by atoms with E-state index in [0.717, 1.165) is 16.6 Å². The van der Waals surface area contributed by atoms with E-state index in [-0.39, 0.29) is 5.88 Å². The zero-order valence-electron chi connectivity index (χ0n) is 11.4. The second-order valence-electron chi connectivity index (χ2n) is 4.83. The molecule has 3 aromatic rings. The van der Waals surface area contributed by atoms with E-state index in [0.29, 0.717) is 22.0 Å². The molecule has 2 aromatic carbocycles. The maximum atomic E-state index is 10.1. The SMILES string of the molecule is CC(=Nc1ccc(Cl)cc1)c1c(O)[nH]c2ccc(N)cc12. The molecule has 0 aliphatic carbocycles. The van der Waals surface area contributed by atoms with Gasteiger partial charge >= 0.3 is 0 Å². The summed E-state index contributed by atoms with van der Waals surface area (Å²) in [6.45, 7) is 1.85. The van der Waals surface area contributed by atoms with Crippen molar-refractivity contribution in [1.29, 1.82) is 0 Å². The lowest BCUT2D eigenvalue weighted by Crippen LogP contribution is -1.93. The molecule has 0 saturated carbocycles. The number of fused-ring (bicyclic) bond motifs is 1. The molecule has 1 heterocycles. The van der Waals surface area contributed by atoms with Crippen LogP contribution in [0, 0.1) is 0 Å². The van der Waals surface area contributed by atoms with Crippen molar-refractivity contribution in [2.24, 2.45) is 4.99 Å². The molecule has 0 radical (unpaired) electrons. The molecule has 0 fully saturated rings. The number of aliphatic imine (C=N–C) groups is 1. The molecule has 4 nitrogen and oxygen atoms in total. The number of halogens is 1. The molecule has 5 heteroatoms. The average Bonchev–Trinajstić information content (AvgIpc) is 2.76. The van der Waals surface area contributed by atoms with Crippen LogP contribution in [0.5, 0.6) is 5.88 Å². The Bertz CT molecular complexity index is 835. The number of hydrogen-bond donors (Lipinski definition) is 3. The van der Waals surface area contributed by atoms with Gasteiger partial charge in [0.05, 0.1) is 17.0 Å². The van der Waals surface area contributed by atoms with E-state index in [1.54, 1.807) is 18.2 Å². The number of nitrogens with one attached hydrogen (secondary N) is 1. The van der Waals surface area contributed by atoms with Crippen molar-refractivity contribution < 1.29 is 5.11 Å². The summed E-state index contributed by atoms with van der Waals surface area (Å²) in [5.41, 5.74) is 9.42. The van der Waals surface area contributed by atoms with Gasteiger partial charge in [0.1, 0.15) is 0 Å². The van der Waals surface area contributed by atoms with Gasteiger partial charge in [-0.2, -0.15) is 0 Å². The lowest BCUT2D eigenvalue weighted by atomic mass is 10.1. The van der Waals surface area contributed by atoms with Gasteiger partial charge in [0.15, 0.2) is 5.88 Å². The third-order valence-electron chi connectivity index (χ3n) is 3.29. The number of aromatic nitrogens is 1. The van der Waals surface area contributed by atoms with Gasteiger partial charge in [-0.25, -0.2) is 0 Å². The highest BCUT2D eigenvalue weighted by Gasteiger charge is 2.13. The van der Waals surface area contributed by atoms with Gasteiger partial charge in [-0.05, 0) is 49.4 Å². The van der Waals surface area contributed by atoms with Crippen LogP contribution >= 0.6 is 11.6 Å². The minimum atomic E-state index is 0.0887. The number of aromatic amines is 1. The smallest absolute Gasteiger partial charge is 0.198 e. The maximum Gasteiger partial charge on any atom is 0.198 e. The summed E-state index contributed by atoms with van der Waals surface area (Å²) in [5, 5.41) is 11.6. The predicted molar refractivity (Wildman–Crippen MR) is 87.7 cm³/mol. The first-order valence-electron chi connectivity index (χ1n) is 6.46. The Morgan fingerprint density at radius 3 is 2.62 bits per heavy atom. The Labute approximate surface area is 126 Å². The minimum Gasteiger partial charge on any atom is -0.494 e. The number of nitrogens with two attached hydrogens (primary N) is 1. The van der Waals surface area contributed by atoms with Crippen molar-refractivity contribution in [1.82, 2.24) is 4.98 Å². The van der Waals surface area contributed by atoms with Gasteiger partial charge in [0, 0.05) is 21.6 Å². The summed E-state index contributed by atoms with van der Waals surface area (Å²) in [6.07, 6.45) is 0. The van der Waals surface area contributed by atoms with Gasteiger partial charge in [0.2, 0.25) is 0 Å². The zero-order valence-corrected chi connectivity index (χ0v) is 12.1. The summed E-state index contributed by atoms with van der Waals surface area (Å²) >= 11 is 5.86. The predicted octanol–water partition coefficient (Wildman–Crippen LogP) is 4.25. The Hall–Kier alpha value is -2.46. The number of nitrogens with zero attached hydrogens (tertiary/aromatic N) is 1. The van der Waals surface area contributed by atoms with Crippen LogP contribution in [-0.4, -0.2) is 15.8 Å². The zero-order chi connectivity index (χ0) is 15.0. The fourth-order valence-electron chi connectivity index (χ4n) is 2.33. The fraction of sp³-hybridized carbons (Fsp3) is 0.0625. The highest BCUT2D eigenvalue weighted by molar-refractivity contribution is 6.30. The monoisotopic (exact) mass is 299 g/mol. The molecule has 21 heavy (non-hydrogen) atoms. The Morgan fingerprint density at radius 1 is 1.19 bits per heavy atom. The van der Waals surface area contributed by atoms with Crippen LogP contribution in [0.2, 0.25) is 5.02 Å². The molecule has 0 aliphatic rings. The Morgan fingerprint density at radius 2 is 1.90 bits per heavy atom. The van der Waals surface area contributed by atoms with E-state index in [2.05, 4.69) is 9.98 Å². The highest BCUT2D eigenvalue weighted by Crippen LogP contribution is 2.30. The molecule has 106 valence electrons. The molecule has 1 aromatic heterocycles. The first kappa shape index (κ1) is 13.5. The number of anilines is 1. The first-order valence-corrected chi connectivity index (χ1v) is 6.84. The van der Waals surface area contributed by atoms with Crippen molar-refractivity contribution in [2.75, 3.05) is 5.73 Å². The molecule has 3 rings (SSSR count). The lowest BCUT2D eigenvalue weighted by Gasteiger charge is -2.02. The van der Waals surface area contributed by atoms with Gasteiger partial charge < -0.3 is 15.8 Å². The largest absolute Gasteiger partial charge is 0.494 e. The summed E-state index contributed by atoms with van der Waals surface area (Å²) in [7, 11) is 0. The summed E-state index contributed by atoms with van der Waals surface area (Å²) in [4.78, 5) is 7.45. The lowest BCUT2D eigenvalue weighted by molar-refractivity contribution is 0.457. The van der Waals surface area contributed by atoms with Crippen molar-refractivity contribution >= 4 is 39.6 Å². The van der Waals surface area contributed by atoms with Crippen LogP contribution in [0.1, 0.15) is 12.5 Å². The quantitative estimate of drug-likeness (QED) is 0.489. The van der Waals surface area contributed by atoms with Crippen molar-refractivity contribution in [3.63, 3.8) is 0 Å². The van der Waals surface area contributed by atoms with Crippen LogP contribution in [0.4, 0.5) is 11.4 Å². The van der Waals surface area contributed by atoms with Gasteiger partial charge in [-0.1, -0.05) is 11.6 Å². The van der Waals surface area contributed by atoms with Crippen molar-refractivity contribution in [3.8, 4) is 5.88 Å². The molecule has 4 N–H and O–H groups in total. The van der Waals surface area contributed by atoms with E-state index in [1.807, 2.05) is 31.2 Å². The van der Waals surface area contributed by atoms with Crippen LogP contribution in [0.15, 0.2) is 47.5 Å². The molecule has 0 atom stereocenters. The normalized spacial score (nSPS) is 12.0. The van der Waals surface area contributed by atoms with Crippen LogP contribution in [-0.2, 0) is 0 Å². The van der Waals surface area contributed by atoms with E-state index in [9.17, 15) is 5.11 Å². The third kappa shape index (κ3) is 2.58. The van der Waals surface area contributed by atoms with E-state index < -0.39 is 0 Å². The van der Waals surface area contributed by atoms with Gasteiger partial charge in [-0.3, -0.25) is 4.99 Å². The number of aromatic hydroxyl groups is 1. The number of H-pyrrole nitrogens is 1. The summed E-state index contributed by atoms with van der Waals surface area (Å²) in [6, 6.07) is 12.7. The Balaban J connectivity index is 2.12. The van der Waals surface area contributed by atoms with Crippen LogP contribution in [0.3, 0.4) is 0 Å². The summed E-state index contributed by atoms with van der Waals surface area (Å²) in [5.74, 6) is 0.0887. The number of nitrogen functional groups attached to an aromatic ring is 1. The van der Waals surface area contributed by atoms with Gasteiger partial charge in [-0.15, -0.1) is 0 Å². The van der Waals surface area contributed by atoms with Crippen LogP contribution in [0.25, 0.3) is 10.9 Å². The van der Waals surface area contributed by atoms with E-state index in [4.69, 9.17) is 17.3 Å². The van der Waals surface area contributed by atoms with Crippen molar-refractivity contribution in [3.05, 3.63) is 53.1 Å². The number of hydrogen-bond acceptors (Lipinski definition) is 3. The van der Waals surface area contributed by atoms with Crippen molar-refractivity contribution in [2.45, 2.75) is 6.92 Å². The molecule has 0 unspecified atom stereocenters. The maximum absolute atomic E-state index is 10.1. The molecule has 0 saturated heterocycles. The second-order valence-corrected chi connectivity index (χ2v) is 5.26. The number of rotatable bonds is 2. The molecule has 0 bridgehead atoms. The third-order valence-corrected chi connectivity index (χ3v) is 3.54. The average molecular weight is 300 g/mol. The standard InChI is InChI=1S/C16H14ClN3O/c1-9(19-12-5-2-10(17)3-6-12)15-13-8-11(18)4-7-14(13)20-16(15)21/h2-8,20-21H,18H2,1H3. The van der Waals surface area contributed by atoms with Gasteiger partial charge in [0.25, 0.3) is 0 Å². The minimum absolute atomic E-state index is 0.0887. The van der Waals surface area contributed by atoms with Crippen LogP contribution < -0.4 is 5.73 Å². The molecule has 0 amide bonds. The van der Waals surface area contributed by atoms with E-state index >= 15 is 0 Å². The summed E-state index contributed by atoms with van der Waals surface area (Å²) < 4.78 is 0. The first-order chi connectivity index (χ1) is 10.0. The molecular weight excluding hydrogens is 286 g/mol. The van der Waals surface area contributed by atoms with E-state index in [1.165, 1.54) is 0 Å².